The van der Waals surface area contributed by atoms with E-state index in [9.17, 15) is 4.79 Å². The van der Waals surface area contributed by atoms with Crippen molar-refractivity contribution in [2.75, 3.05) is 18.4 Å². The lowest BCUT2D eigenvalue weighted by Crippen LogP contribution is -2.29. The fourth-order valence-corrected chi connectivity index (χ4v) is 6.94. The van der Waals surface area contributed by atoms with Crippen molar-refractivity contribution < 1.29 is 9.53 Å². The highest BCUT2D eigenvalue weighted by Crippen LogP contribution is 2.46. The second kappa shape index (κ2) is 9.85. The number of aromatic nitrogens is 1. The van der Waals surface area contributed by atoms with Gasteiger partial charge in [-0.2, -0.15) is 0 Å². The van der Waals surface area contributed by atoms with Crippen molar-refractivity contribution in [3.63, 3.8) is 0 Å². The van der Waals surface area contributed by atoms with Crippen LogP contribution < -0.4 is 10.1 Å². The van der Waals surface area contributed by atoms with E-state index in [0.717, 1.165) is 51.8 Å². The number of thiazole rings is 1. The molecule has 1 amide bonds. The van der Waals surface area contributed by atoms with Gasteiger partial charge in [0.25, 0.3) is 5.91 Å². The second-order valence-electron chi connectivity index (χ2n) is 8.68. The standard InChI is InChI=1S/C29H25N3O2S2/c1-2-32-17-16-21-25(18-32)36-29(26(21)28-30-22-13-7-9-15-24(22)35-28)31-27(33)20-12-6-8-14-23(20)34-19-10-4-3-5-11-19/h3-15H,2,16-18H2,1H3,(H,31,33). The molecule has 5 aromatic rings. The van der Waals surface area contributed by atoms with Crippen LogP contribution in [0.5, 0.6) is 11.5 Å². The van der Waals surface area contributed by atoms with Gasteiger partial charge in [-0.05, 0) is 54.9 Å². The van der Waals surface area contributed by atoms with E-state index in [1.54, 1.807) is 28.7 Å². The largest absolute Gasteiger partial charge is 0.457 e. The first-order valence-electron chi connectivity index (χ1n) is 12.1. The van der Waals surface area contributed by atoms with Gasteiger partial charge in [0.05, 0.1) is 15.8 Å². The molecule has 5 nitrogen and oxygen atoms in total. The van der Waals surface area contributed by atoms with E-state index in [1.165, 1.54) is 10.4 Å². The third kappa shape index (κ3) is 4.41. The van der Waals surface area contributed by atoms with Gasteiger partial charge in [-0.1, -0.05) is 49.4 Å². The third-order valence-corrected chi connectivity index (χ3v) is 8.61. The lowest BCUT2D eigenvalue weighted by atomic mass is 10.0. The van der Waals surface area contributed by atoms with Crippen molar-refractivity contribution >= 4 is 43.8 Å². The molecule has 0 unspecified atom stereocenters. The van der Waals surface area contributed by atoms with E-state index in [1.807, 2.05) is 66.7 Å². The number of ether oxygens (including phenoxy) is 1. The molecule has 0 atom stereocenters. The molecule has 6 rings (SSSR count). The number of hydrogen-bond donors (Lipinski definition) is 1. The van der Waals surface area contributed by atoms with Gasteiger partial charge < -0.3 is 10.1 Å². The van der Waals surface area contributed by atoms with Crippen molar-refractivity contribution in [2.45, 2.75) is 19.9 Å². The number of hydrogen-bond acceptors (Lipinski definition) is 6. The number of amides is 1. The molecule has 36 heavy (non-hydrogen) atoms. The van der Waals surface area contributed by atoms with Gasteiger partial charge in [-0.25, -0.2) is 4.98 Å². The maximum Gasteiger partial charge on any atom is 0.260 e. The molecule has 1 aliphatic rings. The number of benzene rings is 3. The summed E-state index contributed by atoms with van der Waals surface area (Å²) in [6.07, 6.45) is 0.953. The summed E-state index contributed by atoms with van der Waals surface area (Å²) in [5.74, 6) is 1.04. The Kier molecular flexibility index (Phi) is 6.27. The average molecular weight is 512 g/mol. The lowest BCUT2D eigenvalue weighted by molar-refractivity contribution is 0.102. The molecule has 0 fully saturated rings. The van der Waals surface area contributed by atoms with Crippen LogP contribution in [0.4, 0.5) is 5.00 Å². The Morgan fingerprint density at radius 1 is 1.00 bits per heavy atom. The molecule has 0 aliphatic carbocycles. The number of para-hydroxylation sites is 3. The third-order valence-electron chi connectivity index (χ3n) is 6.42. The van der Waals surface area contributed by atoms with Gasteiger partial charge >= 0.3 is 0 Å². The number of nitrogens with zero attached hydrogens (tertiary/aromatic N) is 2. The summed E-state index contributed by atoms with van der Waals surface area (Å²) in [7, 11) is 0. The van der Waals surface area contributed by atoms with E-state index < -0.39 is 0 Å². The summed E-state index contributed by atoms with van der Waals surface area (Å²) in [6, 6.07) is 25.1. The highest BCUT2D eigenvalue weighted by atomic mass is 32.1. The van der Waals surface area contributed by atoms with Gasteiger partial charge in [0.15, 0.2) is 0 Å². The molecule has 0 bridgehead atoms. The monoisotopic (exact) mass is 511 g/mol. The predicted octanol–water partition coefficient (Wildman–Crippen LogP) is 7.45. The van der Waals surface area contributed by atoms with E-state index in [0.29, 0.717) is 17.1 Å². The number of carbonyl (C=O) groups is 1. The number of nitrogens with one attached hydrogen (secondary N) is 1. The van der Waals surface area contributed by atoms with Crippen LogP contribution in [-0.4, -0.2) is 28.9 Å². The summed E-state index contributed by atoms with van der Waals surface area (Å²) in [5, 5.41) is 5.05. The van der Waals surface area contributed by atoms with Crippen LogP contribution in [0.2, 0.25) is 0 Å². The Morgan fingerprint density at radius 3 is 2.61 bits per heavy atom. The number of rotatable bonds is 6. The summed E-state index contributed by atoms with van der Waals surface area (Å²) < 4.78 is 7.21. The Labute approximate surface area is 218 Å². The minimum Gasteiger partial charge on any atom is -0.457 e. The molecule has 7 heteroatoms. The molecule has 1 N–H and O–H groups in total. The van der Waals surface area contributed by atoms with Crippen molar-refractivity contribution in [3.05, 3.63) is 94.9 Å². The van der Waals surface area contributed by atoms with Crippen molar-refractivity contribution in [1.29, 1.82) is 0 Å². The number of likely N-dealkylation sites (N-methyl/N-ethyl adjacent to an activating group) is 1. The summed E-state index contributed by atoms with van der Waals surface area (Å²) in [5.41, 5.74) is 3.87. The van der Waals surface area contributed by atoms with Crippen LogP contribution in [0, 0.1) is 0 Å². The minimum atomic E-state index is -0.185. The quantitative estimate of drug-likeness (QED) is 0.257. The lowest BCUT2D eigenvalue weighted by Gasteiger charge is -2.25. The fraction of sp³-hybridized carbons (Fsp3) is 0.172. The van der Waals surface area contributed by atoms with Crippen molar-refractivity contribution in [1.82, 2.24) is 9.88 Å². The van der Waals surface area contributed by atoms with E-state index in [2.05, 4.69) is 23.2 Å². The van der Waals surface area contributed by atoms with Crippen LogP contribution >= 0.6 is 22.7 Å². The number of anilines is 1. The average Bonchev–Trinajstić information content (AvgIpc) is 3.49. The Morgan fingerprint density at radius 2 is 1.78 bits per heavy atom. The van der Waals surface area contributed by atoms with Gasteiger partial charge in [0.2, 0.25) is 0 Å². The molecular formula is C29H25N3O2S2. The smallest absolute Gasteiger partial charge is 0.260 e. The molecular weight excluding hydrogens is 486 g/mol. The number of fused-ring (bicyclic) bond motifs is 2. The first-order chi connectivity index (χ1) is 17.7. The van der Waals surface area contributed by atoms with E-state index >= 15 is 0 Å². The zero-order valence-corrected chi connectivity index (χ0v) is 21.5. The van der Waals surface area contributed by atoms with Crippen molar-refractivity contribution in [3.8, 4) is 22.1 Å². The van der Waals surface area contributed by atoms with Gasteiger partial charge in [-0.15, -0.1) is 22.7 Å². The first kappa shape index (κ1) is 22.9. The summed E-state index contributed by atoms with van der Waals surface area (Å²) in [6.45, 7) is 5.12. The van der Waals surface area contributed by atoms with Crippen LogP contribution in [0.1, 0.15) is 27.7 Å². The van der Waals surface area contributed by atoms with Crippen LogP contribution in [0.25, 0.3) is 20.8 Å². The fourth-order valence-electron chi connectivity index (χ4n) is 4.55. The van der Waals surface area contributed by atoms with Crippen LogP contribution in [-0.2, 0) is 13.0 Å². The van der Waals surface area contributed by atoms with Crippen molar-refractivity contribution in [2.24, 2.45) is 0 Å². The zero-order valence-electron chi connectivity index (χ0n) is 19.9. The Bertz CT molecular complexity index is 1510. The zero-order chi connectivity index (χ0) is 24.5. The first-order valence-corrected chi connectivity index (χ1v) is 13.7. The van der Waals surface area contributed by atoms with Gasteiger partial charge in [0, 0.05) is 23.5 Å². The van der Waals surface area contributed by atoms with E-state index in [-0.39, 0.29) is 5.91 Å². The molecule has 2 aromatic heterocycles. The Hall–Kier alpha value is -3.52. The maximum absolute atomic E-state index is 13.6. The highest BCUT2D eigenvalue weighted by molar-refractivity contribution is 7.23. The minimum absolute atomic E-state index is 0.185. The highest BCUT2D eigenvalue weighted by Gasteiger charge is 2.28. The maximum atomic E-state index is 13.6. The molecule has 0 spiro atoms. The van der Waals surface area contributed by atoms with Crippen LogP contribution in [0.15, 0.2) is 78.9 Å². The van der Waals surface area contributed by atoms with Gasteiger partial charge in [-0.3, -0.25) is 9.69 Å². The predicted molar refractivity (Wildman–Crippen MR) is 148 cm³/mol. The molecule has 3 heterocycles. The molecule has 0 saturated carbocycles. The molecule has 3 aromatic carbocycles. The normalized spacial score (nSPS) is 13.5. The Balaban J connectivity index is 1.38. The second-order valence-corrected chi connectivity index (χ2v) is 10.8. The molecule has 180 valence electrons. The number of thiophene rings is 1. The molecule has 1 aliphatic heterocycles. The SMILES string of the molecule is CCN1CCc2c(sc(NC(=O)c3ccccc3Oc3ccccc3)c2-c2nc3ccccc3s2)C1. The van der Waals surface area contributed by atoms with Gasteiger partial charge in [0.1, 0.15) is 21.5 Å². The summed E-state index contributed by atoms with van der Waals surface area (Å²) in [4.78, 5) is 22.3. The summed E-state index contributed by atoms with van der Waals surface area (Å²) >= 11 is 3.35. The molecule has 0 radical (unpaired) electrons. The van der Waals surface area contributed by atoms with Crippen LogP contribution in [0.3, 0.4) is 0 Å². The van der Waals surface area contributed by atoms with E-state index in [4.69, 9.17) is 9.72 Å². The topological polar surface area (TPSA) is 54.5 Å². The number of carbonyl (C=O) groups excluding carboxylic acids is 1. The molecule has 0 saturated heterocycles.